The molecule has 0 aliphatic carbocycles. The van der Waals surface area contributed by atoms with Crippen LogP contribution in [0.25, 0.3) is 127 Å². The van der Waals surface area contributed by atoms with E-state index in [1.54, 1.807) is 33.4 Å². The van der Waals surface area contributed by atoms with Gasteiger partial charge >= 0.3 is 0 Å². The van der Waals surface area contributed by atoms with Crippen molar-refractivity contribution < 1.29 is 44.1 Å². The quantitative estimate of drug-likeness (QED) is 0.0863. The zero-order valence-electron chi connectivity index (χ0n) is 56.1. The number of pyridine rings is 1. The molecule has 404 valence electrons. The molecule has 17 rings (SSSR count). The van der Waals surface area contributed by atoms with Gasteiger partial charge in [-0.25, -0.2) is 4.98 Å². The number of ether oxygens (including phenoxy) is 1. The summed E-state index contributed by atoms with van der Waals surface area (Å²) in [6, 6.07) is 66.0. The fourth-order valence-corrected chi connectivity index (χ4v) is 13.2. The number of rotatable bonds is 8. The van der Waals surface area contributed by atoms with Crippen LogP contribution >= 0.6 is 0 Å². The van der Waals surface area contributed by atoms with Gasteiger partial charge in [0, 0.05) is 44.3 Å². The van der Waals surface area contributed by atoms with Gasteiger partial charge < -0.3 is 13.9 Å². The molecular formula is C78H51BN4OPt-2. The van der Waals surface area contributed by atoms with Crippen molar-refractivity contribution in [2.45, 2.75) is 26.2 Å². The molecule has 15 aromatic rings. The third-order valence-corrected chi connectivity index (χ3v) is 16.9. The van der Waals surface area contributed by atoms with Crippen LogP contribution in [-0.2, 0) is 26.5 Å². The van der Waals surface area contributed by atoms with E-state index in [0.29, 0.717) is 28.2 Å². The van der Waals surface area contributed by atoms with Gasteiger partial charge in [-0.15, -0.1) is 29.7 Å². The zero-order valence-corrected chi connectivity index (χ0v) is 48.3. The largest absolute Gasteiger partial charge is 0.510 e. The minimum atomic E-state index is -0.577. The Labute approximate surface area is 522 Å². The molecule has 85 heavy (non-hydrogen) atoms. The molecule has 0 N–H and O–H groups in total. The monoisotopic (exact) mass is 1280 g/mol. The van der Waals surface area contributed by atoms with Gasteiger partial charge in [-0.05, 0) is 130 Å². The zero-order chi connectivity index (χ0) is 64.5. The van der Waals surface area contributed by atoms with E-state index in [4.69, 9.17) is 23.4 Å². The van der Waals surface area contributed by atoms with E-state index in [0.717, 1.165) is 44.3 Å². The molecule has 2 aliphatic rings. The second kappa shape index (κ2) is 19.6. The predicted molar refractivity (Wildman–Crippen MR) is 346 cm³/mol. The molecule has 0 saturated heterocycles. The van der Waals surface area contributed by atoms with Crippen molar-refractivity contribution in [2.75, 3.05) is 0 Å². The third kappa shape index (κ3) is 8.03. The summed E-state index contributed by atoms with van der Waals surface area (Å²) in [4.78, 5) is 5.03. The van der Waals surface area contributed by atoms with E-state index in [-0.39, 0.29) is 61.1 Å². The molecule has 0 bridgehead atoms. The average Bonchev–Trinajstić information content (AvgIpc) is 1.30. The molecule has 0 atom stereocenters. The van der Waals surface area contributed by atoms with Gasteiger partial charge in [0.25, 0.3) is 6.33 Å². The van der Waals surface area contributed by atoms with Gasteiger partial charge in [0.2, 0.25) is 6.71 Å². The van der Waals surface area contributed by atoms with Crippen molar-refractivity contribution in [1.29, 1.82) is 0 Å². The van der Waals surface area contributed by atoms with Crippen LogP contribution < -0.4 is 25.7 Å². The second-order valence-electron chi connectivity index (χ2n) is 22.7. The summed E-state index contributed by atoms with van der Waals surface area (Å²) in [7, 11) is 0. The van der Waals surface area contributed by atoms with Gasteiger partial charge in [-0.1, -0.05) is 230 Å². The minimum Gasteiger partial charge on any atom is -0.510 e. The Kier molecular flexibility index (Phi) is 9.51. The molecule has 0 spiro atoms. The summed E-state index contributed by atoms with van der Waals surface area (Å²) < 4.78 is 100. The third-order valence-electron chi connectivity index (χ3n) is 16.9. The van der Waals surface area contributed by atoms with Gasteiger partial charge in [0.1, 0.15) is 5.82 Å². The first-order valence-electron chi connectivity index (χ1n) is 33.1. The van der Waals surface area contributed by atoms with E-state index in [9.17, 15) is 0 Å². The molecule has 0 unspecified atom stereocenters. The summed E-state index contributed by atoms with van der Waals surface area (Å²) >= 11 is 0. The maximum absolute atomic E-state index is 9.13. The number of hydrogen-bond donors (Lipinski definition) is 0. The fourth-order valence-electron chi connectivity index (χ4n) is 13.2. The SMILES string of the molecule is [2H]c1c([2H])c([2H])c(-c2cccc(-c3c([2H])c([2H])c([2H])c([2H])c3[2H])c2-[n+]2[c-]n(-c3[c-]c(Oc4[c-]c5c(cc4)c4cc(-c6cc7c8c(c6)-c6cccc9cccc(c69)B8c6cccc8cccc-7c68)ccc4n5-c4cc(C(C)(C)C)ccn4)ccc3)c3ccccc32)c([2H])c1[2H].[Pt]. The Morgan fingerprint density at radius 2 is 1.13 bits per heavy atom. The van der Waals surface area contributed by atoms with E-state index in [1.807, 2.05) is 48.7 Å². The maximum Gasteiger partial charge on any atom is 0.268 e. The van der Waals surface area contributed by atoms with Crippen molar-refractivity contribution in [3.05, 3.63) is 279 Å². The Bertz CT molecular complexity index is 5610. The number of imidazole rings is 1. The molecule has 7 heteroatoms. The topological polar surface area (TPSA) is 35.9 Å². The van der Waals surface area contributed by atoms with Crippen LogP contribution in [0.5, 0.6) is 11.5 Å². The number of aromatic nitrogens is 4. The first-order valence-corrected chi connectivity index (χ1v) is 28.1. The van der Waals surface area contributed by atoms with Crippen LogP contribution in [0.2, 0.25) is 0 Å². The first-order chi connectivity index (χ1) is 45.4. The molecule has 2 aliphatic heterocycles. The molecule has 0 radical (unpaired) electrons. The summed E-state index contributed by atoms with van der Waals surface area (Å²) in [5.74, 6) is 1.49. The van der Waals surface area contributed by atoms with Gasteiger partial charge in [0.05, 0.1) is 30.4 Å². The van der Waals surface area contributed by atoms with Crippen LogP contribution in [0, 0.1) is 18.5 Å². The summed E-state index contributed by atoms with van der Waals surface area (Å²) in [6.45, 7) is 6.66. The maximum atomic E-state index is 9.13. The number of hydrogen-bond acceptors (Lipinski definition) is 2. The number of para-hydroxylation sites is 3. The van der Waals surface area contributed by atoms with Gasteiger partial charge in [0.15, 0.2) is 0 Å². The Hall–Kier alpha value is -9.87. The van der Waals surface area contributed by atoms with Crippen molar-refractivity contribution in [2.24, 2.45) is 0 Å². The molecule has 5 heterocycles. The van der Waals surface area contributed by atoms with Crippen molar-refractivity contribution in [1.82, 2.24) is 14.1 Å². The van der Waals surface area contributed by atoms with E-state index in [1.165, 1.54) is 60.2 Å². The average molecular weight is 1280 g/mol. The smallest absolute Gasteiger partial charge is 0.268 e. The van der Waals surface area contributed by atoms with Crippen LogP contribution in [0.15, 0.2) is 255 Å². The van der Waals surface area contributed by atoms with Crippen LogP contribution in [0.1, 0.15) is 40.0 Å². The van der Waals surface area contributed by atoms with Crippen LogP contribution in [0.3, 0.4) is 0 Å². The molecule has 0 fully saturated rings. The van der Waals surface area contributed by atoms with Gasteiger partial charge in [-0.2, -0.15) is 18.2 Å². The standard InChI is InChI=1S/C78H51BN4O.Pt/c1-78(2,3)55-40-41-80-73(45-55)83-69-39-36-53(54-43-65-62-30-12-22-51-24-14-32-67(74(51)62)79-68-33-15-25-52-23-13-31-63(75(52)68)66(44-54)76(65)79)42-64(69)61-38-37-58(47-72(61)83)84-57-27-16-26-56(46-57)81-48-82(71-35-11-10-34-70(71)81)77-59(49-18-6-4-7-19-49)28-17-29-60(77)50-20-8-5-9-21-50;/h4-45H,1-3H3;/q-2;/i4D,5D,6D,7D,8D,9D,18D,19D,20D,21D;. The first kappa shape index (κ1) is 41.2. The molecule has 0 saturated carbocycles. The Morgan fingerprint density at radius 1 is 0.518 bits per heavy atom. The van der Waals surface area contributed by atoms with Crippen molar-refractivity contribution >= 4 is 77.5 Å². The number of fused-ring (bicyclic) bond motifs is 8. The molecule has 3 aromatic heterocycles. The normalized spacial score (nSPS) is 13.9. The van der Waals surface area contributed by atoms with Crippen LogP contribution in [-0.4, -0.2) is 20.8 Å². The fraction of sp³-hybridized carbons (Fsp3) is 0.0513. The summed E-state index contributed by atoms with van der Waals surface area (Å²) in [6.07, 6.45) is 5.32. The Balaban J connectivity index is 0.00000712. The summed E-state index contributed by atoms with van der Waals surface area (Å²) in [5, 5.41) is 7.03. The molecular weight excluding hydrogens is 1210 g/mol. The number of benzene rings is 12. The summed E-state index contributed by atoms with van der Waals surface area (Å²) in [5.41, 5.74) is 15.6. The molecule has 5 nitrogen and oxygen atoms in total. The van der Waals surface area contributed by atoms with E-state index < -0.39 is 60.4 Å². The molecule has 0 amide bonds. The van der Waals surface area contributed by atoms with Crippen LogP contribution in [0.4, 0.5) is 0 Å². The molecule has 12 aromatic carbocycles. The van der Waals surface area contributed by atoms with Gasteiger partial charge in [-0.3, -0.25) is 4.57 Å². The minimum absolute atomic E-state index is 0. The van der Waals surface area contributed by atoms with Crippen molar-refractivity contribution in [3.8, 4) is 84.3 Å². The predicted octanol–water partition coefficient (Wildman–Crippen LogP) is 16.7. The second-order valence-corrected chi connectivity index (χ2v) is 22.7. The van der Waals surface area contributed by atoms with E-state index >= 15 is 0 Å². The number of nitrogens with zero attached hydrogens (tertiary/aromatic N) is 4. The Morgan fingerprint density at radius 3 is 1.80 bits per heavy atom. The van der Waals surface area contributed by atoms with Crippen molar-refractivity contribution in [3.63, 3.8) is 0 Å². The van der Waals surface area contributed by atoms with E-state index in [2.05, 4.69) is 165 Å².